The maximum Gasteiger partial charge on any atom is 0.106 e. The lowest BCUT2D eigenvalue weighted by atomic mass is 10.2. The van der Waals surface area contributed by atoms with E-state index in [1.54, 1.807) is 0 Å². The normalized spacial score (nSPS) is 7.22. The van der Waals surface area contributed by atoms with Crippen LogP contribution < -0.4 is 0 Å². The molecule has 0 fully saturated rings. The molecule has 1 aromatic carbocycles. The summed E-state index contributed by atoms with van der Waals surface area (Å²) in [4.78, 5) is 8.00. The van der Waals surface area contributed by atoms with Crippen molar-refractivity contribution in [2.75, 3.05) is 0 Å². The first-order valence-electron chi connectivity index (χ1n) is 2.70. The monoisotopic (exact) mass is 122 g/mol. The molecule has 9 heavy (non-hydrogen) atoms. The SMILES string of the molecule is C=O.Cc1ccccc1. The Kier molecular flexibility index (Phi) is 4.41. The lowest BCUT2D eigenvalue weighted by molar-refractivity contribution is -0.0979. The zero-order valence-corrected chi connectivity index (χ0v) is 5.50. The zero-order valence-electron chi connectivity index (χ0n) is 5.50. The summed E-state index contributed by atoms with van der Waals surface area (Å²) in [5, 5.41) is 0. The highest BCUT2D eigenvalue weighted by atomic mass is 16.1. The molecule has 1 rings (SSSR count). The Morgan fingerprint density at radius 3 is 1.78 bits per heavy atom. The smallest absolute Gasteiger partial charge is 0.106 e. The van der Waals surface area contributed by atoms with Crippen LogP contribution in [-0.4, -0.2) is 6.79 Å². The van der Waals surface area contributed by atoms with Crippen LogP contribution in [-0.2, 0) is 4.79 Å². The number of aryl methyl sites for hydroxylation is 1. The highest BCUT2D eigenvalue weighted by molar-refractivity contribution is 5.11. The van der Waals surface area contributed by atoms with Crippen LogP contribution in [0, 0.1) is 6.92 Å². The van der Waals surface area contributed by atoms with Gasteiger partial charge in [-0.05, 0) is 6.92 Å². The summed E-state index contributed by atoms with van der Waals surface area (Å²) < 4.78 is 0. The first-order valence-corrected chi connectivity index (χ1v) is 2.70. The van der Waals surface area contributed by atoms with Crippen LogP contribution >= 0.6 is 0 Å². The molecule has 1 heteroatoms. The molecule has 0 bridgehead atoms. The second-order valence-corrected chi connectivity index (χ2v) is 1.65. The van der Waals surface area contributed by atoms with Crippen molar-refractivity contribution < 1.29 is 4.79 Å². The number of carbonyl (C=O) groups excluding carboxylic acids is 1. The van der Waals surface area contributed by atoms with Crippen LogP contribution in [0.3, 0.4) is 0 Å². The van der Waals surface area contributed by atoms with Gasteiger partial charge in [-0.1, -0.05) is 35.9 Å². The molecule has 0 aliphatic heterocycles. The lowest BCUT2D eigenvalue weighted by Crippen LogP contribution is -1.62. The third kappa shape index (κ3) is 3.47. The van der Waals surface area contributed by atoms with E-state index in [9.17, 15) is 0 Å². The standard InChI is InChI=1S/C7H8.CH2O/c1-7-5-3-2-4-6-7;1-2/h2-6H,1H3;1H2. The average Bonchev–Trinajstić information content (AvgIpc) is 1.94. The molecular formula is C8H10O. The van der Waals surface area contributed by atoms with Gasteiger partial charge in [0.25, 0.3) is 0 Å². The van der Waals surface area contributed by atoms with Crippen molar-refractivity contribution in [3.05, 3.63) is 35.9 Å². The van der Waals surface area contributed by atoms with E-state index in [-0.39, 0.29) is 0 Å². The molecular weight excluding hydrogens is 112 g/mol. The Labute approximate surface area is 55.3 Å². The minimum atomic E-state index is 1.32. The van der Waals surface area contributed by atoms with E-state index in [2.05, 4.69) is 19.1 Å². The summed E-state index contributed by atoms with van der Waals surface area (Å²) in [6.07, 6.45) is 0. The molecule has 1 aromatic rings. The predicted molar refractivity (Wildman–Crippen MR) is 38.3 cm³/mol. The van der Waals surface area contributed by atoms with E-state index in [0.29, 0.717) is 0 Å². The molecule has 48 valence electrons. The molecule has 0 unspecified atom stereocenters. The number of carbonyl (C=O) groups is 1. The van der Waals surface area contributed by atoms with Crippen LogP contribution in [0.5, 0.6) is 0 Å². The van der Waals surface area contributed by atoms with E-state index in [1.165, 1.54) is 5.56 Å². The van der Waals surface area contributed by atoms with E-state index in [4.69, 9.17) is 4.79 Å². The lowest BCUT2D eigenvalue weighted by Gasteiger charge is -1.82. The third-order valence-electron chi connectivity index (χ3n) is 0.940. The summed E-state index contributed by atoms with van der Waals surface area (Å²) in [6.45, 7) is 4.08. The van der Waals surface area contributed by atoms with Gasteiger partial charge in [0, 0.05) is 0 Å². The largest absolute Gasteiger partial charge is 0.307 e. The molecule has 1 nitrogen and oxygen atoms in total. The van der Waals surface area contributed by atoms with Gasteiger partial charge in [0.1, 0.15) is 6.79 Å². The van der Waals surface area contributed by atoms with Gasteiger partial charge in [-0.3, -0.25) is 0 Å². The Morgan fingerprint density at radius 1 is 1.11 bits per heavy atom. The van der Waals surface area contributed by atoms with Crippen molar-refractivity contribution >= 4 is 6.79 Å². The van der Waals surface area contributed by atoms with Gasteiger partial charge in [0.2, 0.25) is 0 Å². The summed E-state index contributed by atoms with van der Waals surface area (Å²) in [5.74, 6) is 0. The Bertz CT molecular complexity index is 146. The van der Waals surface area contributed by atoms with Crippen molar-refractivity contribution in [2.45, 2.75) is 6.92 Å². The minimum absolute atomic E-state index is 1.32. The number of benzene rings is 1. The Hall–Kier alpha value is -1.11. The number of hydrogen-bond acceptors (Lipinski definition) is 1. The summed E-state index contributed by atoms with van der Waals surface area (Å²) >= 11 is 0. The number of hydrogen-bond donors (Lipinski definition) is 0. The highest BCUT2D eigenvalue weighted by Gasteiger charge is 1.72. The topological polar surface area (TPSA) is 17.1 Å². The Morgan fingerprint density at radius 2 is 1.56 bits per heavy atom. The van der Waals surface area contributed by atoms with Gasteiger partial charge in [-0.25, -0.2) is 0 Å². The van der Waals surface area contributed by atoms with Gasteiger partial charge in [0.15, 0.2) is 0 Å². The molecule has 0 aliphatic carbocycles. The molecule has 0 atom stereocenters. The van der Waals surface area contributed by atoms with Crippen molar-refractivity contribution in [1.82, 2.24) is 0 Å². The maximum atomic E-state index is 8.00. The van der Waals surface area contributed by atoms with Crippen molar-refractivity contribution in [1.29, 1.82) is 0 Å². The fourth-order valence-corrected chi connectivity index (χ4v) is 0.534. The fourth-order valence-electron chi connectivity index (χ4n) is 0.534. The van der Waals surface area contributed by atoms with Gasteiger partial charge >= 0.3 is 0 Å². The van der Waals surface area contributed by atoms with Crippen molar-refractivity contribution in [3.63, 3.8) is 0 Å². The predicted octanol–water partition coefficient (Wildman–Crippen LogP) is 1.81. The van der Waals surface area contributed by atoms with E-state index in [1.807, 2.05) is 25.0 Å². The van der Waals surface area contributed by atoms with Gasteiger partial charge in [-0.2, -0.15) is 0 Å². The second-order valence-electron chi connectivity index (χ2n) is 1.65. The van der Waals surface area contributed by atoms with Crippen LogP contribution in [0.2, 0.25) is 0 Å². The maximum absolute atomic E-state index is 8.00. The molecule has 0 saturated heterocycles. The van der Waals surface area contributed by atoms with Crippen molar-refractivity contribution in [2.24, 2.45) is 0 Å². The number of rotatable bonds is 0. The summed E-state index contributed by atoms with van der Waals surface area (Å²) in [7, 11) is 0. The van der Waals surface area contributed by atoms with E-state index >= 15 is 0 Å². The molecule has 0 saturated carbocycles. The Balaban J connectivity index is 0.000000291. The van der Waals surface area contributed by atoms with Gasteiger partial charge in [-0.15, -0.1) is 0 Å². The molecule has 0 spiro atoms. The zero-order chi connectivity index (χ0) is 7.11. The summed E-state index contributed by atoms with van der Waals surface area (Å²) in [5.41, 5.74) is 1.32. The highest BCUT2D eigenvalue weighted by Crippen LogP contribution is 1.92. The van der Waals surface area contributed by atoms with Crippen LogP contribution in [0.15, 0.2) is 30.3 Å². The van der Waals surface area contributed by atoms with E-state index in [0.717, 1.165) is 0 Å². The average molecular weight is 122 g/mol. The van der Waals surface area contributed by atoms with Gasteiger partial charge in [0.05, 0.1) is 0 Å². The minimum Gasteiger partial charge on any atom is -0.307 e. The molecule has 0 N–H and O–H groups in total. The van der Waals surface area contributed by atoms with Crippen LogP contribution in [0.4, 0.5) is 0 Å². The van der Waals surface area contributed by atoms with Crippen LogP contribution in [0.1, 0.15) is 5.56 Å². The quantitative estimate of drug-likeness (QED) is 0.513. The molecule has 0 aliphatic rings. The van der Waals surface area contributed by atoms with Gasteiger partial charge < -0.3 is 4.79 Å². The first kappa shape index (κ1) is 7.89. The first-order chi connectivity index (χ1) is 4.39. The van der Waals surface area contributed by atoms with Crippen molar-refractivity contribution in [3.8, 4) is 0 Å². The molecule has 0 aromatic heterocycles. The molecule has 0 amide bonds. The third-order valence-corrected chi connectivity index (χ3v) is 0.940. The molecule has 0 radical (unpaired) electrons. The molecule has 0 heterocycles. The summed E-state index contributed by atoms with van der Waals surface area (Å²) in [6, 6.07) is 10.3. The van der Waals surface area contributed by atoms with Crippen LogP contribution in [0.25, 0.3) is 0 Å². The second kappa shape index (κ2) is 5.04. The van der Waals surface area contributed by atoms with E-state index < -0.39 is 0 Å². The fraction of sp³-hybridized carbons (Fsp3) is 0.125.